The summed E-state index contributed by atoms with van der Waals surface area (Å²) in [5, 5.41) is 7.72. The topological polar surface area (TPSA) is 60.2 Å². The predicted octanol–water partition coefficient (Wildman–Crippen LogP) is 3.96. The highest BCUT2D eigenvalue weighted by Crippen LogP contribution is 2.29. The maximum Gasteiger partial charge on any atom is 0.244 e. The van der Waals surface area contributed by atoms with E-state index in [2.05, 4.69) is 53.6 Å². The lowest BCUT2D eigenvalue weighted by Crippen LogP contribution is -2.32. The van der Waals surface area contributed by atoms with Crippen molar-refractivity contribution in [1.29, 1.82) is 0 Å². The molecule has 1 fully saturated rings. The summed E-state index contributed by atoms with van der Waals surface area (Å²) >= 11 is 0. The minimum Gasteiger partial charge on any atom is -0.381 e. The standard InChI is InChI=1S/C20H27N3O2/c1-15(2)19-22-20(25-23-19)18(17-10-13-24-14-11-17)21-12-6-9-16-7-4-3-5-8-16/h3-9,15,17-18,21H,10-14H2,1-2H3/b9-6+. The van der Waals surface area contributed by atoms with Crippen LogP contribution >= 0.6 is 0 Å². The molecule has 134 valence electrons. The van der Waals surface area contributed by atoms with Crippen LogP contribution in [0, 0.1) is 5.92 Å². The molecule has 25 heavy (non-hydrogen) atoms. The normalized spacial score (nSPS) is 17.4. The molecule has 5 nitrogen and oxygen atoms in total. The zero-order valence-electron chi connectivity index (χ0n) is 15.0. The average Bonchev–Trinajstić information content (AvgIpc) is 3.13. The van der Waals surface area contributed by atoms with Crippen LogP contribution in [0.1, 0.15) is 55.9 Å². The van der Waals surface area contributed by atoms with Crippen LogP contribution in [0.4, 0.5) is 0 Å². The lowest BCUT2D eigenvalue weighted by atomic mass is 9.91. The van der Waals surface area contributed by atoms with Crippen LogP contribution in [0.2, 0.25) is 0 Å². The Labute approximate surface area is 149 Å². The summed E-state index contributed by atoms with van der Waals surface area (Å²) in [6.07, 6.45) is 6.29. The molecule has 1 saturated heterocycles. The van der Waals surface area contributed by atoms with E-state index in [-0.39, 0.29) is 12.0 Å². The second-order valence-electron chi connectivity index (χ2n) is 6.79. The van der Waals surface area contributed by atoms with Gasteiger partial charge in [-0.25, -0.2) is 0 Å². The van der Waals surface area contributed by atoms with Crippen LogP contribution < -0.4 is 5.32 Å². The third-order valence-electron chi connectivity index (χ3n) is 4.54. The van der Waals surface area contributed by atoms with Gasteiger partial charge in [-0.15, -0.1) is 0 Å². The van der Waals surface area contributed by atoms with Crippen molar-refractivity contribution in [2.75, 3.05) is 19.8 Å². The van der Waals surface area contributed by atoms with Crippen molar-refractivity contribution >= 4 is 6.08 Å². The van der Waals surface area contributed by atoms with E-state index in [1.165, 1.54) is 5.56 Å². The molecule has 2 aromatic rings. The summed E-state index contributed by atoms with van der Waals surface area (Å²) in [5.41, 5.74) is 1.20. The van der Waals surface area contributed by atoms with Gasteiger partial charge in [-0.1, -0.05) is 61.5 Å². The Morgan fingerprint density at radius 3 is 2.64 bits per heavy atom. The van der Waals surface area contributed by atoms with Gasteiger partial charge in [0.2, 0.25) is 5.89 Å². The number of hydrogen-bond acceptors (Lipinski definition) is 5. The Morgan fingerprint density at radius 1 is 1.20 bits per heavy atom. The number of benzene rings is 1. The lowest BCUT2D eigenvalue weighted by molar-refractivity contribution is 0.0494. The van der Waals surface area contributed by atoms with Gasteiger partial charge < -0.3 is 14.6 Å². The maximum absolute atomic E-state index is 5.57. The molecule has 0 amide bonds. The molecule has 0 radical (unpaired) electrons. The highest BCUT2D eigenvalue weighted by Gasteiger charge is 2.29. The van der Waals surface area contributed by atoms with Crippen molar-refractivity contribution in [3.05, 3.63) is 53.7 Å². The number of nitrogens with zero attached hydrogens (tertiary/aromatic N) is 2. The van der Waals surface area contributed by atoms with Crippen LogP contribution in [0.25, 0.3) is 6.08 Å². The second-order valence-corrected chi connectivity index (χ2v) is 6.79. The molecule has 1 aliphatic heterocycles. The maximum atomic E-state index is 5.57. The van der Waals surface area contributed by atoms with Gasteiger partial charge in [-0.2, -0.15) is 4.98 Å². The van der Waals surface area contributed by atoms with E-state index in [4.69, 9.17) is 9.26 Å². The van der Waals surface area contributed by atoms with E-state index < -0.39 is 0 Å². The van der Waals surface area contributed by atoms with E-state index in [0.29, 0.717) is 11.8 Å². The van der Waals surface area contributed by atoms with Gasteiger partial charge in [-0.3, -0.25) is 0 Å². The molecule has 0 bridgehead atoms. The van der Waals surface area contributed by atoms with Gasteiger partial charge in [-0.05, 0) is 24.3 Å². The molecule has 2 heterocycles. The molecule has 1 unspecified atom stereocenters. The van der Waals surface area contributed by atoms with Crippen molar-refractivity contribution in [2.45, 2.75) is 38.6 Å². The zero-order chi connectivity index (χ0) is 17.5. The van der Waals surface area contributed by atoms with Crippen LogP contribution in [0.15, 0.2) is 40.9 Å². The molecule has 1 N–H and O–H groups in total. The molecule has 0 saturated carbocycles. The van der Waals surface area contributed by atoms with E-state index >= 15 is 0 Å². The van der Waals surface area contributed by atoms with Crippen molar-refractivity contribution in [3.8, 4) is 0 Å². The van der Waals surface area contributed by atoms with Crippen LogP contribution in [-0.4, -0.2) is 29.9 Å². The summed E-state index contributed by atoms with van der Waals surface area (Å²) in [7, 11) is 0. The smallest absolute Gasteiger partial charge is 0.244 e. The van der Waals surface area contributed by atoms with Crippen molar-refractivity contribution in [1.82, 2.24) is 15.5 Å². The first-order valence-electron chi connectivity index (χ1n) is 9.10. The molecule has 1 atom stereocenters. The Balaban J connectivity index is 1.66. The Hall–Kier alpha value is -1.98. The SMILES string of the molecule is CC(C)c1noc(C(NC/C=C/c2ccccc2)C2CCOCC2)n1. The van der Waals surface area contributed by atoms with Crippen LogP contribution in [0.5, 0.6) is 0 Å². The summed E-state index contributed by atoms with van der Waals surface area (Å²) in [5.74, 6) is 2.20. The zero-order valence-corrected chi connectivity index (χ0v) is 15.0. The second kappa shape index (κ2) is 8.92. The van der Waals surface area contributed by atoms with Crippen molar-refractivity contribution < 1.29 is 9.26 Å². The van der Waals surface area contributed by atoms with Gasteiger partial charge in [0.1, 0.15) is 0 Å². The summed E-state index contributed by atoms with van der Waals surface area (Å²) < 4.78 is 11.1. The van der Waals surface area contributed by atoms with Gasteiger partial charge in [0.25, 0.3) is 0 Å². The highest BCUT2D eigenvalue weighted by molar-refractivity contribution is 5.48. The number of aromatic nitrogens is 2. The molecular weight excluding hydrogens is 314 g/mol. The van der Waals surface area contributed by atoms with E-state index in [9.17, 15) is 0 Å². The Bertz CT molecular complexity index is 661. The first-order chi connectivity index (χ1) is 12.2. The van der Waals surface area contributed by atoms with Gasteiger partial charge >= 0.3 is 0 Å². The number of ether oxygens (including phenoxy) is 1. The van der Waals surface area contributed by atoms with E-state index in [1.807, 2.05) is 18.2 Å². The molecule has 1 aromatic heterocycles. The van der Waals surface area contributed by atoms with Crippen LogP contribution in [0.3, 0.4) is 0 Å². The molecule has 3 rings (SSSR count). The third-order valence-corrected chi connectivity index (χ3v) is 4.54. The van der Waals surface area contributed by atoms with Crippen LogP contribution in [-0.2, 0) is 4.74 Å². The predicted molar refractivity (Wildman–Crippen MR) is 98.1 cm³/mol. The molecule has 5 heteroatoms. The van der Waals surface area contributed by atoms with Gasteiger partial charge in [0.05, 0.1) is 6.04 Å². The molecule has 0 aliphatic carbocycles. The Morgan fingerprint density at radius 2 is 1.96 bits per heavy atom. The highest BCUT2D eigenvalue weighted by atomic mass is 16.5. The molecular formula is C20H27N3O2. The summed E-state index contributed by atoms with van der Waals surface area (Å²) in [6.45, 7) is 6.51. The monoisotopic (exact) mass is 341 g/mol. The van der Waals surface area contributed by atoms with Gasteiger partial charge in [0.15, 0.2) is 5.82 Å². The molecule has 0 spiro atoms. The van der Waals surface area contributed by atoms with Crippen molar-refractivity contribution in [3.63, 3.8) is 0 Å². The molecule has 1 aliphatic rings. The van der Waals surface area contributed by atoms with E-state index in [1.54, 1.807) is 0 Å². The average molecular weight is 341 g/mol. The van der Waals surface area contributed by atoms with E-state index in [0.717, 1.165) is 38.4 Å². The minimum absolute atomic E-state index is 0.0734. The fourth-order valence-corrected chi connectivity index (χ4v) is 3.07. The first kappa shape index (κ1) is 17.8. The Kier molecular flexibility index (Phi) is 6.36. The summed E-state index contributed by atoms with van der Waals surface area (Å²) in [4.78, 5) is 4.62. The van der Waals surface area contributed by atoms with Gasteiger partial charge in [0, 0.05) is 25.7 Å². The number of hydrogen-bond donors (Lipinski definition) is 1. The fraction of sp³-hybridized carbons (Fsp3) is 0.500. The number of rotatable bonds is 7. The quantitative estimate of drug-likeness (QED) is 0.826. The first-order valence-corrected chi connectivity index (χ1v) is 9.10. The fourth-order valence-electron chi connectivity index (χ4n) is 3.07. The third kappa shape index (κ3) is 5.00. The minimum atomic E-state index is 0.0734. The number of nitrogens with one attached hydrogen (secondary N) is 1. The van der Waals surface area contributed by atoms with Crippen molar-refractivity contribution in [2.24, 2.45) is 5.92 Å². The summed E-state index contributed by atoms with van der Waals surface area (Å²) in [6, 6.07) is 10.4. The lowest BCUT2D eigenvalue weighted by Gasteiger charge is -2.28. The largest absolute Gasteiger partial charge is 0.381 e. The molecule has 1 aromatic carbocycles.